The van der Waals surface area contributed by atoms with Crippen molar-refractivity contribution >= 4 is 11.3 Å². The van der Waals surface area contributed by atoms with E-state index in [2.05, 4.69) is 4.74 Å². The van der Waals surface area contributed by atoms with Crippen LogP contribution < -0.4 is 0 Å². The van der Waals surface area contributed by atoms with Crippen molar-refractivity contribution in [2.24, 2.45) is 0 Å². The van der Waals surface area contributed by atoms with Crippen molar-refractivity contribution in [3.8, 4) is 10.4 Å². The van der Waals surface area contributed by atoms with Gasteiger partial charge in [0.05, 0.1) is 0 Å². The number of rotatable bonds is 5. The molecule has 1 heterocycles. The quantitative estimate of drug-likeness (QED) is 0.813. The summed E-state index contributed by atoms with van der Waals surface area (Å²) in [7, 11) is 2.21. The average Bonchev–Trinajstić information content (AvgIpc) is 2.94. The van der Waals surface area contributed by atoms with E-state index in [-0.39, 0.29) is 0 Å². The molecule has 0 spiro atoms. The number of hydrogen-bond acceptors (Lipinski definition) is 3. The largest absolute Gasteiger partial charge is 0.385 e. The predicted molar refractivity (Wildman–Crippen MR) is 71.5 cm³/mol. The van der Waals surface area contributed by atoms with E-state index < -0.39 is 12.2 Å². The van der Waals surface area contributed by atoms with E-state index in [9.17, 15) is 8.78 Å². The molecule has 0 aliphatic carbocycles. The third kappa shape index (κ3) is 3.00. The lowest BCUT2D eigenvalue weighted by Gasteiger charge is -2.24. The lowest BCUT2D eigenvalue weighted by molar-refractivity contribution is -0.284. The summed E-state index contributed by atoms with van der Waals surface area (Å²) < 4.78 is 36.1. The molecule has 0 amide bonds. The zero-order valence-corrected chi connectivity index (χ0v) is 11.4. The Bertz CT molecular complexity index is 509. The smallest absolute Gasteiger partial charge is 0.368 e. The molecule has 5 heteroatoms. The highest BCUT2D eigenvalue weighted by molar-refractivity contribution is 7.13. The van der Waals surface area contributed by atoms with Crippen molar-refractivity contribution in [3.05, 3.63) is 47.3 Å². The van der Waals surface area contributed by atoms with Crippen molar-refractivity contribution in [2.75, 3.05) is 14.2 Å². The van der Waals surface area contributed by atoms with Gasteiger partial charge in [-0.05, 0) is 22.6 Å². The number of alkyl halides is 2. The van der Waals surface area contributed by atoms with Crippen LogP contribution in [0.15, 0.2) is 41.8 Å². The van der Waals surface area contributed by atoms with E-state index in [4.69, 9.17) is 4.74 Å². The highest BCUT2D eigenvalue weighted by atomic mass is 32.1. The van der Waals surface area contributed by atoms with Gasteiger partial charge in [-0.25, -0.2) is 0 Å². The molecule has 0 aliphatic heterocycles. The Balaban J connectivity index is 2.27. The lowest BCUT2D eigenvalue weighted by Crippen LogP contribution is -2.29. The van der Waals surface area contributed by atoms with Gasteiger partial charge >= 0.3 is 6.11 Å². The molecular formula is C14H14F2O2S. The molecule has 0 saturated carbocycles. The molecule has 2 rings (SSSR count). The van der Waals surface area contributed by atoms with Crippen LogP contribution in [0.3, 0.4) is 0 Å². The maximum atomic E-state index is 13.5. The fraction of sp³-hybridized carbons (Fsp3) is 0.286. The molecule has 2 aromatic rings. The predicted octanol–water partition coefficient (Wildman–Crippen LogP) is 4.34. The van der Waals surface area contributed by atoms with Crippen LogP contribution in [-0.2, 0) is 9.47 Å². The second kappa shape index (κ2) is 5.77. The molecule has 1 aromatic heterocycles. The van der Waals surface area contributed by atoms with Gasteiger partial charge in [-0.3, -0.25) is 0 Å². The highest BCUT2D eigenvalue weighted by Crippen LogP contribution is 2.35. The lowest BCUT2D eigenvalue weighted by atomic mass is 10.1. The van der Waals surface area contributed by atoms with Gasteiger partial charge in [0.2, 0.25) is 0 Å². The van der Waals surface area contributed by atoms with Crippen LogP contribution >= 0.6 is 11.3 Å². The molecule has 1 unspecified atom stereocenters. The molecule has 0 bridgehead atoms. The summed E-state index contributed by atoms with van der Waals surface area (Å²) in [6, 6.07) is 10.8. The maximum Gasteiger partial charge on any atom is 0.385 e. The second-order valence-electron chi connectivity index (χ2n) is 3.98. The number of hydrogen-bond donors (Lipinski definition) is 0. The van der Waals surface area contributed by atoms with E-state index in [0.717, 1.165) is 17.6 Å². The van der Waals surface area contributed by atoms with E-state index in [1.807, 2.05) is 17.5 Å². The number of benzene rings is 1. The van der Waals surface area contributed by atoms with Crippen molar-refractivity contribution in [3.63, 3.8) is 0 Å². The number of methoxy groups -OCH3 is 2. The van der Waals surface area contributed by atoms with Crippen molar-refractivity contribution in [1.29, 1.82) is 0 Å². The van der Waals surface area contributed by atoms with Crippen LogP contribution in [0.2, 0.25) is 0 Å². The summed E-state index contributed by atoms with van der Waals surface area (Å²) in [5.74, 6) is 0. The Morgan fingerprint density at radius 3 is 2.26 bits per heavy atom. The first kappa shape index (κ1) is 14.1. The molecule has 0 aliphatic rings. The molecule has 0 radical (unpaired) electrons. The van der Waals surface area contributed by atoms with Gasteiger partial charge in [0.15, 0.2) is 6.10 Å². The monoisotopic (exact) mass is 284 g/mol. The first-order valence-corrected chi connectivity index (χ1v) is 6.56. The van der Waals surface area contributed by atoms with Gasteiger partial charge in [0.1, 0.15) is 0 Å². The van der Waals surface area contributed by atoms with Crippen molar-refractivity contribution in [2.45, 2.75) is 12.2 Å². The fourth-order valence-electron chi connectivity index (χ4n) is 1.84. The normalized spacial score (nSPS) is 13.5. The zero-order chi connectivity index (χ0) is 13.9. The van der Waals surface area contributed by atoms with E-state index >= 15 is 0 Å². The Labute approximate surface area is 114 Å². The Hall–Kier alpha value is -1.30. The minimum atomic E-state index is -3.35. The van der Waals surface area contributed by atoms with E-state index in [0.29, 0.717) is 5.56 Å². The van der Waals surface area contributed by atoms with Crippen molar-refractivity contribution < 1.29 is 18.3 Å². The minimum Gasteiger partial charge on any atom is -0.368 e. The molecule has 0 saturated heterocycles. The first-order chi connectivity index (χ1) is 9.08. The molecule has 102 valence electrons. The highest BCUT2D eigenvalue weighted by Gasteiger charge is 2.41. The molecule has 0 N–H and O–H groups in total. The van der Waals surface area contributed by atoms with Crippen LogP contribution in [-0.4, -0.2) is 20.3 Å². The summed E-state index contributed by atoms with van der Waals surface area (Å²) >= 11 is 1.60. The molecule has 1 atom stereocenters. The molecular weight excluding hydrogens is 270 g/mol. The maximum absolute atomic E-state index is 13.5. The Morgan fingerprint density at radius 2 is 1.79 bits per heavy atom. The number of ether oxygens (including phenoxy) is 2. The first-order valence-electron chi connectivity index (χ1n) is 5.68. The molecule has 19 heavy (non-hydrogen) atoms. The van der Waals surface area contributed by atoms with Gasteiger partial charge in [-0.2, -0.15) is 8.78 Å². The van der Waals surface area contributed by atoms with Crippen LogP contribution in [0, 0.1) is 0 Å². The standard InChI is InChI=1S/C14H14F2O2S/c1-17-13(14(15,16)18-2)11-7-5-10(6-8-11)12-4-3-9-19-12/h3-9,13H,1-2H3. The third-order valence-electron chi connectivity index (χ3n) is 2.83. The van der Waals surface area contributed by atoms with Gasteiger partial charge < -0.3 is 9.47 Å². The van der Waals surface area contributed by atoms with E-state index in [1.54, 1.807) is 35.6 Å². The van der Waals surface area contributed by atoms with Crippen LogP contribution in [0.5, 0.6) is 0 Å². The van der Waals surface area contributed by atoms with E-state index in [1.165, 1.54) is 7.11 Å². The summed E-state index contributed by atoms with van der Waals surface area (Å²) in [6.07, 6.45) is -4.76. The number of thiophene rings is 1. The SMILES string of the molecule is COC(c1ccc(-c2cccs2)cc1)C(F)(F)OC. The van der Waals surface area contributed by atoms with Gasteiger partial charge in [-0.15, -0.1) is 11.3 Å². The summed E-state index contributed by atoms with van der Waals surface area (Å²) in [5.41, 5.74) is 1.38. The van der Waals surface area contributed by atoms with Gasteiger partial charge in [0.25, 0.3) is 0 Å². The van der Waals surface area contributed by atoms with Crippen LogP contribution in [0.1, 0.15) is 11.7 Å². The van der Waals surface area contributed by atoms with Crippen LogP contribution in [0.25, 0.3) is 10.4 Å². The Morgan fingerprint density at radius 1 is 1.11 bits per heavy atom. The van der Waals surface area contributed by atoms with Crippen LogP contribution in [0.4, 0.5) is 8.78 Å². The molecule has 0 fully saturated rings. The molecule has 1 aromatic carbocycles. The second-order valence-corrected chi connectivity index (χ2v) is 4.93. The van der Waals surface area contributed by atoms with Crippen molar-refractivity contribution in [1.82, 2.24) is 0 Å². The topological polar surface area (TPSA) is 18.5 Å². The summed E-state index contributed by atoms with van der Waals surface area (Å²) in [5, 5.41) is 1.97. The van der Waals surface area contributed by atoms with Gasteiger partial charge in [0, 0.05) is 19.1 Å². The minimum absolute atomic E-state index is 0.384. The molecule has 2 nitrogen and oxygen atoms in total. The van der Waals surface area contributed by atoms with Gasteiger partial charge in [-0.1, -0.05) is 30.3 Å². The fourth-order valence-corrected chi connectivity index (χ4v) is 2.57. The Kier molecular flexibility index (Phi) is 4.29. The number of halogens is 2. The summed E-state index contributed by atoms with van der Waals surface area (Å²) in [6.45, 7) is 0. The summed E-state index contributed by atoms with van der Waals surface area (Å²) in [4.78, 5) is 1.10. The average molecular weight is 284 g/mol. The zero-order valence-electron chi connectivity index (χ0n) is 10.6. The third-order valence-corrected chi connectivity index (χ3v) is 3.75.